The molecular formula is C22H24N2O4. The molecule has 1 aliphatic rings. The van der Waals surface area contributed by atoms with Gasteiger partial charge in [0.25, 0.3) is 11.7 Å². The van der Waals surface area contributed by atoms with E-state index in [-0.39, 0.29) is 17.4 Å². The normalized spacial score (nSPS) is 18.8. The first-order valence-corrected chi connectivity index (χ1v) is 9.36. The Labute approximate surface area is 164 Å². The lowest BCUT2D eigenvalue weighted by Crippen LogP contribution is -2.31. The number of benzene rings is 1. The largest absolute Gasteiger partial charge is 0.507 e. The number of pyridine rings is 1. The minimum absolute atomic E-state index is 0.0916. The summed E-state index contributed by atoms with van der Waals surface area (Å²) in [6.07, 6.45) is 3.94. The number of Topliss-reactive ketones (excluding diaryl/α,β-unsaturated/α-hetero) is 1. The van der Waals surface area contributed by atoms with Crippen LogP contribution in [0.25, 0.3) is 5.76 Å². The monoisotopic (exact) mass is 380 g/mol. The second kappa shape index (κ2) is 8.80. The van der Waals surface area contributed by atoms with Gasteiger partial charge in [-0.25, -0.2) is 0 Å². The quantitative estimate of drug-likeness (QED) is 0.345. The number of ether oxygens (including phenoxy) is 1. The molecule has 2 heterocycles. The van der Waals surface area contributed by atoms with Crippen LogP contribution in [0.5, 0.6) is 0 Å². The molecule has 1 aromatic carbocycles. The molecule has 6 nitrogen and oxygen atoms in total. The van der Waals surface area contributed by atoms with E-state index in [0.717, 1.165) is 0 Å². The van der Waals surface area contributed by atoms with Gasteiger partial charge in [-0.05, 0) is 31.9 Å². The predicted molar refractivity (Wildman–Crippen MR) is 105 cm³/mol. The predicted octanol–water partition coefficient (Wildman–Crippen LogP) is 3.32. The second-order valence-corrected chi connectivity index (χ2v) is 6.92. The lowest BCUT2D eigenvalue weighted by Gasteiger charge is -2.25. The standard InChI is InChI=1S/C22H24N2O4/c1-15(2)28-13-7-12-24-19(17-10-6-11-23-14-17)18(21(26)22(24)27)20(25)16-8-4-3-5-9-16/h3-6,8-11,14-15,19,25H,7,12-13H2,1-2H3/b20-18-. The SMILES string of the molecule is CC(C)OCCCN1C(=O)C(=O)/C(=C(\O)c2ccccc2)C1c1cccnc1. The topological polar surface area (TPSA) is 79.7 Å². The van der Waals surface area contributed by atoms with Gasteiger partial charge in [-0.1, -0.05) is 36.4 Å². The van der Waals surface area contributed by atoms with Crippen LogP contribution in [0.2, 0.25) is 0 Å². The Morgan fingerprint density at radius 1 is 1.18 bits per heavy atom. The third-order valence-electron chi connectivity index (χ3n) is 4.58. The average molecular weight is 380 g/mol. The van der Waals surface area contributed by atoms with Crippen molar-refractivity contribution in [1.29, 1.82) is 0 Å². The number of carbonyl (C=O) groups excluding carboxylic acids is 2. The van der Waals surface area contributed by atoms with E-state index in [1.54, 1.807) is 48.8 Å². The Kier molecular flexibility index (Phi) is 6.21. The Bertz CT molecular complexity index is 863. The summed E-state index contributed by atoms with van der Waals surface area (Å²) in [5.74, 6) is -1.47. The molecule has 2 aromatic rings. The summed E-state index contributed by atoms with van der Waals surface area (Å²) in [6, 6.07) is 11.7. The van der Waals surface area contributed by atoms with Crippen molar-refractivity contribution in [2.24, 2.45) is 0 Å². The number of amides is 1. The zero-order valence-corrected chi connectivity index (χ0v) is 16.0. The fraction of sp³-hybridized carbons (Fsp3) is 0.318. The second-order valence-electron chi connectivity index (χ2n) is 6.92. The van der Waals surface area contributed by atoms with E-state index in [1.807, 2.05) is 19.9 Å². The molecule has 1 atom stereocenters. The molecule has 0 spiro atoms. The van der Waals surface area contributed by atoms with Crippen molar-refractivity contribution in [3.05, 3.63) is 71.6 Å². The summed E-state index contributed by atoms with van der Waals surface area (Å²) in [6.45, 7) is 4.73. The average Bonchev–Trinajstić information content (AvgIpc) is 2.96. The van der Waals surface area contributed by atoms with Crippen molar-refractivity contribution in [2.75, 3.05) is 13.2 Å². The van der Waals surface area contributed by atoms with Crippen LogP contribution in [0.4, 0.5) is 0 Å². The van der Waals surface area contributed by atoms with E-state index in [0.29, 0.717) is 30.7 Å². The number of aliphatic hydroxyl groups excluding tert-OH is 1. The fourth-order valence-electron chi connectivity index (χ4n) is 3.30. The van der Waals surface area contributed by atoms with Crippen molar-refractivity contribution in [1.82, 2.24) is 9.88 Å². The van der Waals surface area contributed by atoms with Crippen LogP contribution in [0.1, 0.15) is 37.4 Å². The Morgan fingerprint density at radius 2 is 1.93 bits per heavy atom. The van der Waals surface area contributed by atoms with Crippen molar-refractivity contribution in [2.45, 2.75) is 32.4 Å². The van der Waals surface area contributed by atoms with Crippen molar-refractivity contribution in [3.8, 4) is 0 Å². The minimum Gasteiger partial charge on any atom is -0.507 e. The Morgan fingerprint density at radius 3 is 2.57 bits per heavy atom. The van der Waals surface area contributed by atoms with Gasteiger partial charge < -0.3 is 14.7 Å². The highest BCUT2D eigenvalue weighted by molar-refractivity contribution is 6.46. The van der Waals surface area contributed by atoms with Gasteiger partial charge in [0.2, 0.25) is 0 Å². The molecule has 1 aromatic heterocycles. The van der Waals surface area contributed by atoms with E-state index in [2.05, 4.69) is 4.98 Å². The summed E-state index contributed by atoms with van der Waals surface area (Å²) in [5, 5.41) is 10.8. The molecule has 0 aliphatic carbocycles. The van der Waals surface area contributed by atoms with Gasteiger partial charge in [0.15, 0.2) is 0 Å². The molecule has 0 radical (unpaired) electrons. The molecule has 1 aliphatic heterocycles. The third-order valence-corrected chi connectivity index (χ3v) is 4.58. The van der Waals surface area contributed by atoms with Gasteiger partial charge in [-0.3, -0.25) is 14.6 Å². The van der Waals surface area contributed by atoms with Gasteiger partial charge in [0.05, 0.1) is 17.7 Å². The first kappa shape index (κ1) is 19.8. The van der Waals surface area contributed by atoms with Gasteiger partial charge in [0.1, 0.15) is 5.76 Å². The lowest BCUT2D eigenvalue weighted by molar-refractivity contribution is -0.140. The molecule has 1 fully saturated rings. The summed E-state index contributed by atoms with van der Waals surface area (Å²) in [4.78, 5) is 31.1. The first-order valence-electron chi connectivity index (χ1n) is 9.36. The fourth-order valence-corrected chi connectivity index (χ4v) is 3.30. The maximum absolute atomic E-state index is 12.8. The van der Waals surface area contributed by atoms with Gasteiger partial charge in [-0.15, -0.1) is 0 Å². The van der Waals surface area contributed by atoms with Crippen molar-refractivity contribution in [3.63, 3.8) is 0 Å². The van der Waals surface area contributed by atoms with Crippen LogP contribution < -0.4 is 0 Å². The number of hydrogen-bond acceptors (Lipinski definition) is 5. The number of likely N-dealkylation sites (tertiary alicyclic amines) is 1. The van der Waals surface area contributed by atoms with Crippen molar-refractivity contribution >= 4 is 17.4 Å². The highest BCUT2D eigenvalue weighted by Gasteiger charge is 2.45. The van der Waals surface area contributed by atoms with Crippen LogP contribution >= 0.6 is 0 Å². The number of aromatic nitrogens is 1. The number of nitrogens with zero attached hydrogens (tertiary/aromatic N) is 2. The van der Waals surface area contributed by atoms with E-state index in [1.165, 1.54) is 4.90 Å². The zero-order chi connectivity index (χ0) is 20.1. The maximum Gasteiger partial charge on any atom is 0.295 e. The van der Waals surface area contributed by atoms with Crippen LogP contribution in [0.15, 0.2) is 60.4 Å². The summed E-state index contributed by atoms with van der Waals surface area (Å²) in [7, 11) is 0. The zero-order valence-electron chi connectivity index (χ0n) is 16.0. The third kappa shape index (κ3) is 4.12. The van der Waals surface area contributed by atoms with Gasteiger partial charge in [0, 0.05) is 31.1 Å². The highest BCUT2D eigenvalue weighted by Crippen LogP contribution is 2.39. The van der Waals surface area contributed by atoms with Crippen LogP contribution in [-0.2, 0) is 14.3 Å². The minimum atomic E-state index is -0.681. The molecule has 28 heavy (non-hydrogen) atoms. The number of aliphatic hydroxyl groups is 1. The molecule has 6 heteroatoms. The van der Waals surface area contributed by atoms with Crippen LogP contribution in [0, 0.1) is 0 Å². The summed E-state index contributed by atoms with van der Waals surface area (Å²) in [5.41, 5.74) is 1.27. The van der Waals surface area contributed by atoms with Gasteiger partial charge >= 0.3 is 0 Å². The van der Waals surface area contributed by atoms with E-state index >= 15 is 0 Å². The summed E-state index contributed by atoms with van der Waals surface area (Å²) < 4.78 is 5.55. The molecule has 1 unspecified atom stereocenters. The molecule has 1 saturated heterocycles. The number of ketones is 1. The summed E-state index contributed by atoms with van der Waals surface area (Å²) >= 11 is 0. The number of rotatable bonds is 7. The lowest BCUT2D eigenvalue weighted by atomic mass is 9.96. The van der Waals surface area contributed by atoms with E-state index in [4.69, 9.17) is 4.74 Å². The smallest absolute Gasteiger partial charge is 0.295 e. The Hall–Kier alpha value is -2.99. The molecule has 0 bridgehead atoms. The Balaban J connectivity index is 1.99. The van der Waals surface area contributed by atoms with Crippen LogP contribution in [0.3, 0.4) is 0 Å². The molecular weight excluding hydrogens is 356 g/mol. The first-order chi connectivity index (χ1) is 13.5. The number of carbonyl (C=O) groups is 2. The molecule has 0 saturated carbocycles. The van der Waals surface area contributed by atoms with Gasteiger partial charge in [-0.2, -0.15) is 0 Å². The number of hydrogen-bond donors (Lipinski definition) is 1. The highest BCUT2D eigenvalue weighted by atomic mass is 16.5. The molecule has 1 amide bonds. The van der Waals surface area contributed by atoms with E-state index < -0.39 is 17.7 Å². The molecule has 1 N–H and O–H groups in total. The van der Waals surface area contributed by atoms with E-state index in [9.17, 15) is 14.7 Å². The van der Waals surface area contributed by atoms with Crippen LogP contribution in [-0.4, -0.2) is 45.9 Å². The molecule has 3 rings (SSSR count). The molecule has 146 valence electrons. The maximum atomic E-state index is 12.8. The van der Waals surface area contributed by atoms with Crippen molar-refractivity contribution < 1.29 is 19.4 Å².